The lowest BCUT2D eigenvalue weighted by Crippen LogP contribution is -2.59. The fraction of sp³-hybridized carbons (Fsp3) is 0.395. The average Bonchev–Trinajstić information content (AvgIpc) is 3.65. The second kappa shape index (κ2) is 12.9. The van der Waals surface area contributed by atoms with Gasteiger partial charge in [-0.05, 0) is 67.5 Å². The Hall–Kier alpha value is -4.27. The number of hydrogen-bond acceptors (Lipinski definition) is 6. The number of unbranched alkanes of at least 4 members (excludes halogenated alkanes) is 1. The lowest BCUT2D eigenvalue weighted by molar-refractivity contribution is -0.160. The van der Waals surface area contributed by atoms with Gasteiger partial charge < -0.3 is 24.4 Å². The van der Waals surface area contributed by atoms with Crippen LogP contribution in [-0.4, -0.2) is 70.8 Å². The largest absolute Gasteiger partial charge is 0.465 e. The van der Waals surface area contributed by atoms with E-state index in [9.17, 15) is 14.7 Å². The predicted molar refractivity (Wildman–Crippen MR) is 177 cm³/mol. The molecule has 3 saturated heterocycles. The van der Waals surface area contributed by atoms with Crippen molar-refractivity contribution >= 4 is 34.2 Å². The number of carbonyl (C=O) groups is 3. The summed E-state index contributed by atoms with van der Waals surface area (Å²) in [5.74, 6) is -2.97. The zero-order valence-corrected chi connectivity index (χ0v) is 26.3. The summed E-state index contributed by atoms with van der Waals surface area (Å²) in [4.78, 5) is 46.7. The number of aliphatic hydroxyl groups is 1. The molecule has 8 nitrogen and oxygen atoms in total. The molecule has 3 aliphatic rings. The molecular formula is C38H42N2O6. The van der Waals surface area contributed by atoms with Crippen LogP contribution in [0.5, 0.6) is 0 Å². The van der Waals surface area contributed by atoms with Crippen LogP contribution in [-0.2, 0) is 30.3 Å². The van der Waals surface area contributed by atoms with Crippen LogP contribution in [0.4, 0.5) is 5.69 Å². The molecule has 6 rings (SSSR count). The van der Waals surface area contributed by atoms with E-state index in [1.807, 2.05) is 79.7 Å². The van der Waals surface area contributed by atoms with Gasteiger partial charge in [0.25, 0.3) is 5.91 Å². The number of benzene rings is 3. The first-order valence-corrected chi connectivity index (χ1v) is 16.1. The quantitative estimate of drug-likeness (QED) is 0.159. The maximum absolute atomic E-state index is 15.0. The van der Waals surface area contributed by atoms with Gasteiger partial charge in [0.1, 0.15) is 17.6 Å². The van der Waals surface area contributed by atoms with Crippen molar-refractivity contribution in [3.05, 3.63) is 104 Å². The van der Waals surface area contributed by atoms with Gasteiger partial charge in [0, 0.05) is 12.2 Å². The number of rotatable bonds is 13. The normalized spacial score (nSPS) is 27.0. The zero-order chi connectivity index (χ0) is 32.5. The van der Waals surface area contributed by atoms with Gasteiger partial charge in [0.05, 0.1) is 30.8 Å². The Morgan fingerprint density at radius 1 is 1.07 bits per heavy atom. The van der Waals surface area contributed by atoms with Crippen molar-refractivity contribution < 1.29 is 29.0 Å². The highest BCUT2D eigenvalue weighted by Crippen LogP contribution is 2.64. The number of esters is 1. The first-order valence-electron chi connectivity index (χ1n) is 16.1. The molecule has 0 saturated carbocycles. The van der Waals surface area contributed by atoms with E-state index in [1.165, 1.54) is 4.90 Å². The second-order valence-corrected chi connectivity index (χ2v) is 12.9. The number of amides is 2. The molecule has 1 spiro atoms. The molecule has 3 aliphatic heterocycles. The Balaban J connectivity index is 1.43. The number of nitrogens with zero attached hydrogens (tertiary/aromatic N) is 2. The van der Waals surface area contributed by atoms with E-state index in [4.69, 9.17) is 9.47 Å². The number of aliphatic hydroxyl groups excluding tert-OH is 1. The van der Waals surface area contributed by atoms with Crippen LogP contribution in [0.15, 0.2) is 98.1 Å². The monoisotopic (exact) mass is 622 g/mol. The van der Waals surface area contributed by atoms with E-state index < -0.39 is 41.1 Å². The Morgan fingerprint density at radius 3 is 2.52 bits per heavy atom. The number of ether oxygens (including phenoxy) is 2. The van der Waals surface area contributed by atoms with Crippen LogP contribution in [0.1, 0.15) is 38.2 Å². The van der Waals surface area contributed by atoms with Crippen molar-refractivity contribution in [3.8, 4) is 0 Å². The number of likely N-dealkylation sites (tertiary alicyclic amines) is 1. The Morgan fingerprint density at radius 2 is 1.80 bits per heavy atom. The zero-order valence-electron chi connectivity index (χ0n) is 26.3. The summed E-state index contributed by atoms with van der Waals surface area (Å²) < 4.78 is 12.5. The Labute approximate surface area is 270 Å². The molecule has 2 bridgehead atoms. The third kappa shape index (κ3) is 5.33. The van der Waals surface area contributed by atoms with E-state index in [0.29, 0.717) is 37.8 Å². The molecular weight excluding hydrogens is 580 g/mol. The van der Waals surface area contributed by atoms with Crippen LogP contribution >= 0.6 is 0 Å². The standard InChI is InChI=1S/C38H42N2O6/c1-4-6-12-22-45-36(44)32-31-34(42)40(30(25-41)23-26-13-8-7-9-14-26)33(38(31)20-19-37(32,3)46-38)35(43)39(21-5-2)29-18-17-27-15-10-11-16-28(27)24-29/h4-5,7-11,13-18,24,30-33,41H,1-2,6,12,19-23,25H2,3H3/t30-,31+,32+,33?,37-,38?/m1/s1. The minimum absolute atomic E-state index is 0.199. The second-order valence-electron chi connectivity index (χ2n) is 12.9. The van der Waals surface area contributed by atoms with Crippen LogP contribution in [0, 0.1) is 11.8 Å². The van der Waals surface area contributed by atoms with Crippen molar-refractivity contribution in [2.75, 3.05) is 24.7 Å². The molecule has 3 fully saturated rings. The lowest BCUT2D eigenvalue weighted by atomic mass is 9.66. The summed E-state index contributed by atoms with van der Waals surface area (Å²) >= 11 is 0. The first kappa shape index (κ1) is 31.7. The SMILES string of the molecule is C=CCCCOC(=O)[C@@H]1[C@H]2C(=O)N([C@@H](CO)Cc3ccccc3)C(C(=O)N(CC=C)c3ccc4ccccc4c3)C23CC[C@@]1(C)O3. The third-order valence-corrected chi connectivity index (χ3v) is 10.0. The van der Waals surface area contributed by atoms with Gasteiger partial charge in [-0.1, -0.05) is 72.8 Å². The minimum Gasteiger partial charge on any atom is -0.465 e. The molecule has 2 amide bonds. The smallest absolute Gasteiger partial charge is 0.312 e. The molecule has 0 aromatic heterocycles. The maximum Gasteiger partial charge on any atom is 0.312 e. The van der Waals surface area contributed by atoms with Crippen molar-refractivity contribution in [1.29, 1.82) is 0 Å². The minimum atomic E-state index is -1.26. The van der Waals surface area contributed by atoms with E-state index in [1.54, 1.807) is 17.1 Å². The summed E-state index contributed by atoms with van der Waals surface area (Å²) in [5, 5.41) is 12.8. The molecule has 6 atom stereocenters. The van der Waals surface area contributed by atoms with Crippen LogP contribution < -0.4 is 4.90 Å². The molecule has 8 heteroatoms. The third-order valence-electron chi connectivity index (χ3n) is 10.0. The molecule has 3 aromatic carbocycles. The van der Waals surface area contributed by atoms with Crippen molar-refractivity contribution in [1.82, 2.24) is 4.90 Å². The Kier molecular flexibility index (Phi) is 8.86. The highest BCUT2D eigenvalue weighted by atomic mass is 16.6. The van der Waals surface area contributed by atoms with Crippen molar-refractivity contribution in [2.24, 2.45) is 11.8 Å². The molecule has 3 heterocycles. The fourth-order valence-corrected chi connectivity index (χ4v) is 7.97. The van der Waals surface area contributed by atoms with Gasteiger partial charge in [-0.15, -0.1) is 13.2 Å². The predicted octanol–water partition coefficient (Wildman–Crippen LogP) is 5.24. The summed E-state index contributed by atoms with van der Waals surface area (Å²) in [7, 11) is 0. The van der Waals surface area contributed by atoms with Gasteiger partial charge in [0.2, 0.25) is 5.91 Å². The van der Waals surface area contributed by atoms with Crippen molar-refractivity contribution in [2.45, 2.75) is 62.3 Å². The summed E-state index contributed by atoms with van der Waals surface area (Å²) in [6.07, 6.45) is 6.02. The summed E-state index contributed by atoms with van der Waals surface area (Å²) in [6, 6.07) is 21.5. The molecule has 1 N–H and O–H groups in total. The lowest BCUT2D eigenvalue weighted by Gasteiger charge is -2.39. The molecule has 3 aromatic rings. The number of anilines is 1. The van der Waals surface area contributed by atoms with Crippen LogP contribution in [0.2, 0.25) is 0 Å². The maximum atomic E-state index is 15.0. The van der Waals surface area contributed by atoms with Gasteiger partial charge in [-0.3, -0.25) is 14.4 Å². The van der Waals surface area contributed by atoms with E-state index >= 15 is 4.79 Å². The summed E-state index contributed by atoms with van der Waals surface area (Å²) in [6.45, 7) is 9.55. The molecule has 0 aliphatic carbocycles. The highest BCUT2D eigenvalue weighted by molar-refractivity contribution is 6.05. The number of carbonyl (C=O) groups excluding carboxylic acids is 3. The molecule has 240 valence electrons. The van der Waals surface area contributed by atoms with E-state index in [2.05, 4.69) is 13.2 Å². The van der Waals surface area contributed by atoms with Crippen LogP contribution in [0.3, 0.4) is 0 Å². The fourth-order valence-electron chi connectivity index (χ4n) is 7.97. The topological polar surface area (TPSA) is 96.4 Å². The van der Waals surface area contributed by atoms with E-state index in [-0.39, 0.29) is 31.6 Å². The van der Waals surface area contributed by atoms with Gasteiger partial charge in [-0.25, -0.2) is 0 Å². The molecule has 0 radical (unpaired) electrons. The molecule has 2 unspecified atom stereocenters. The first-order chi connectivity index (χ1) is 22.3. The number of allylic oxidation sites excluding steroid dienone is 1. The molecule has 46 heavy (non-hydrogen) atoms. The average molecular weight is 623 g/mol. The number of fused-ring (bicyclic) bond motifs is 2. The van der Waals surface area contributed by atoms with Gasteiger partial charge in [0.15, 0.2) is 0 Å². The highest BCUT2D eigenvalue weighted by Gasteiger charge is 2.79. The van der Waals surface area contributed by atoms with Gasteiger partial charge in [-0.2, -0.15) is 0 Å². The van der Waals surface area contributed by atoms with Gasteiger partial charge >= 0.3 is 5.97 Å². The van der Waals surface area contributed by atoms with Crippen molar-refractivity contribution in [3.63, 3.8) is 0 Å². The summed E-state index contributed by atoms with van der Waals surface area (Å²) in [5.41, 5.74) is -0.631. The Bertz CT molecular complexity index is 1640. The van der Waals surface area contributed by atoms with Crippen LogP contribution in [0.25, 0.3) is 10.8 Å². The van der Waals surface area contributed by atoms with E-state index in [0.717, 1.165) is 16.3 Å². The number of hydrogen-bond donors (Lipinski definition) is 1.